The van der Waals surface area contributed by atoms with Crippen LogP contribution >= 0.6 is 0 Å². The average Bonchev–Trinajstić information content (AvgIpc) is 3.66. The number of aliphatic hydroxyl groups excluding tert-OH is 2. The Labute approximate surface area is 332 Å². The summed E-state index contributed by atoms with van der Waals surface area (Å²) in [5.74, 6) is -7.76. The van der Waals surface area contributed by atoms with E-state index in [1.165, 1.54) is 14.2 Å². The van der Waals surface area contributed by atoms with Gasteiger partial charge in [0.25, 0.3) is 11.7 Å². The molecule has 0 unspecified atom stereocenters. The molecule has 4 rings (SSSR count). The molecule has 0 aromatic rings. The second-order valence-electron chi connectivity index (χ2n) is 16.9. The number of carbonyl (C=O) groups excluding carboxylic acids is 4. The number of carbonyl (C=O) groups is 4. The highest BCUT2D eigenvalue weighted by Crippen LogP contribution is 2.39. The monoisotopic (exact) mass is 789 g/mol. The number of hydrogen-bond acceptors (Lipinski definition) is 12. The van der Waals surface area contributed by atoms with Crippen LogP contribution in [0.5, 0.6) is 0 Å². The summed E-state index contributed by atoms with van der Waals surface area (Å²) in [6, 6.07) is -1.13. The Hall–Kier alpha value is -2.78. The second kappa shape index (κ2) is 20.3. The largest absolute Gasteiger partial charge is 0.456 e. The number of hydrogen-bond donors (Lipinski definition) is 3. The Morgan fingerprint density at radius 1 is 0.946 bits per heavy atom. The smallest absolute Gasteiger partial charge is 0.329 e. The SMILES string of the molecule is C=CC[C@H]1/C=C(/C)C[C@@H](C)C[C@@H](OC)[C@@H]2O[C@](O)(C(=O)C(=O)N3CCC[C@@H]3C(=O)O[C@H](/C(C)=C\[C@@H]3CC[C@@H](O)[C@H](OC)C3)[C@@H](C)[C@@H](O)CC1=O)[C@@H](C)C[C@H]2OC. The molecule has 13 nitrogen and oxygen atoms in total. The fourth-order valence-corrected chi connectivity index (χ4v) is 9.26. The van der Waals surface area contributed by atoms with Gasteiger partial charge in [-0.2, -0.15) is 0 Å². The van der Waals surface area contributed by atoms with Crippen LogP contribution in [0.25, 0.3) is 0 Å². The van der Waals surface area contributed by atoms with Gasteiger partial charge in [0.1, 0.15) is 24.0 Å². The molecule has 2 bridgehead atoms. The number of Topliss-reactive ketones (excluding diaryl/α,β-unsaturated/α-hetero) is 2. The van der Waals surface area contributed by atoms with Crippen LogP contribution in [0.15, 0.2) is 36.0 Å². The van der Waals surface area contributed by atoms with Crippen LogP contribution in [0.1, 0.15) is 98.8 Å². The Kier molecular flexibility index (Phi) is 16.6. The number of ketones is 2. The van der Waals surface area contributed by atoms with E-state index >= 15 is 0 Å². The molecule has 316 valence electrons. The van der Waals surface area contributed by atoms with Gasteiger partial charge in [-0.1, -0.05) is 44.6 Å². The number of ether oxygens (including phenoxy) is 5. The summed E-state index contributed by atoms with van der Waals surface area (Å²) in [5.41, 5.74) is 1.61. The van der Waals surface area contributed by atoms with Crippen molar-refractivity contribution in [3.8, 4) is 0 Å². The van der Waals surface area contributed by atoms with Crippen molar-refractivity contribution in [3.05, 3.63) is 36.0 Å². The van der Waals surface area contributed by atoms with Gasteiger partial charge in [-0.05, 0) is 89.0 Å². The number of allylic oxidation sites excluding steroid dienone is 4. The molecule has 2 saturated heterocycles. The third-order valence-corrected chi connectivity index (χ3v) is 12.6. The van der Waals surface area contributed by atoms with Crippen molar-refractivity contribution in [2.45, 2.75) is 153 Å². The predicted octanol–water partition coefficient (Wildman–Crippen LogP) is 4.25. The number of aliphatic hydroxyl groups is 3. The highest BCUT2D eigenvalue weighted by molar-refractivity contribution is 6.39. The van der Waals surface area contributed by atoms with E-state index in [-0.39, 0.29) is 49.5 Å². The topological polar surface area (TPSA) is 178 Å². The molecule has 1 saturated carbocycles. The number of methoxy groups -OCH3 is 3. The third kappa shape index (κ3) is 10.6. The van der Waals surface area contributed by atoms with E-state index < -0.39 is 83.9 Å². The van der Waals surface area contributed by atoms with Crippen LogP contribution in [-0.2, 0) is 42.9 Å². The summed E-state index contributed by atoms with van der Waals surface area (Å²) >= 11 is 0. The zero-order valence-electron chi connectivity index (χ0n) is 34.7. The zero-order chi connectivity index (χ0) is 41.5. The first-order chi connectivity index (χ1) is 26.5. The normalized spacial score (nSPS) is 41.3. The van der Waals surface area contributed by atoms with E-state index in [9.17, 15) is 34.5 Å². The number of fused-ring (bicyclic) bond motifs is 3. The molecule has 13 heteroatoms. The maximum Gasteiger partial charge on any atom is 0.329 e. The van der Waals surface area contributed by atoms with Crippen molar-refractivity contribution >= 4 is 23.4 Å². The second-order valence-corrected chi connectivity index (χ2v) is 16.9. The van der Waals surface area contributed by atoms with Crippen molar-refractivity contribution in [2.24, 2.45) is 29.6 Å². The lowest BCUT2D eigenvalue weighted by Gasteiger charge is -2.46. The number of amides is 1. The fraction of sp³-hybridized carbons (Fsp3) is 0.767. The van der Waals surface area contributed by atoms with Gasteiger partial charge < -0.3 is 43.9 Å². The predicted molar refractivity (Wildman–Crippen MR) is 208 cm³/mol. The van der Waals surface area contributed by atoms with E-state index in [2.05, 4.69) is 6.58 Å². The minimum Gasteiger partial charge on any atom is -0.456 e. The van der Waals surface area contributed by atoms with Gasteiger partial charge >= 0.3 is 5.97 Å². The first-order valence-electron chi connectivity index (χ1n) is 20.4. The molecular formula is C43H67NO12. The van der Waals surface area contributed by atoms with Gasteiger partial charge in [0.15, 0.2) is 0 Å². The molecule has 3 heterocycles. The molecule has 0 spiro atoms. The molecule has 4 aliphatic rings. The van der Waals surface area contributed by atoms with Crippen molar-refractivity contribution in [1.29, 1.82) is 0 Å². The Morgan fingerprint density at radius 2 is 1.61 bits per heavy atom. The molecule has 1 aliphatic carbocycles. The highest BCUT2D eigenvalue weighted by atomic mass is 16.7. The first kappa shape index (κ1) is 45.9. The fourth-order valence-electron chi connectivity index (χ4n) is 9.26. The standard InChI is InChI=1S/C43H67NO12/c1-10-12-30-18-24(2)17-25(3)19-36(53-8)39-37(54-9)21-27(5)43(51,56-39)40(48)41(49)44-16-11-13-31(44)42(50)55-38(28(6)33(46)23-34(30)47)26(4)20-29-14-15-32(45)35(22-29)52-7/h10,18,20,25,27-33,35-39,45-46,51H,1,11-17,19,21-23H2,2-9H3/b24-18-,26-20-/t25-,27+,28+,29+,30+,31-,32-,33+,35-,36-,37-,38-,39+,43+/m1/s1. The van der Waals surface area contributed by atoms with Crippen LogP contribution in [0.4, 0.5) is 0 Å². The number of rotatable bonds is 7. The van der Waals surface area contributed by atoms with Crippen LogP contribution in [0, 0.1) is 29.6 Å². The quantitative estimate of drug-likeness (QED) is 0.190. The molecule has 14 atom stereocenters. The Morgan fingerprint density at radius 3 is 2.25 bits per heavy atom. The highest BCUT2D eigenvalue weighted by Gasteiger charge is 2.57. The molecule has 0 radical (unpaired) electrons. The molecule has 1 amide bonds. The molecule has 3 aliphatic heterocycles. The molecule has 0 aromatic heterocycles. The van der Waals surface area contributed by atoms with Crippen LogP contribution in [0.2, 0.25) is 0 Å². The van der Waals surface area contributed by atoms with E-state index in [0.29, 0.717) is 50.5 Å². The number of esters is 1. The van der Waals surface area contributed by atoms with Crippen molar-refractivity contribution < 1.29 is 58.2 Å². The van der Waals surface area contributed by atoms with Crippen LogP contribution < -0.4 is 0 Å². The average molecular weight is 790 g/mol. The number of cyclic esters (lactones) is 1. The van der Waals surface area contributed by atoms with Gasteiger partial charge in [0.05, 0.1) is 30.5 Å². The van der Waals surface area contributed by atoms with Crippen molar-refractivity contribution in [1.82, 2.24) is 4.90 Å². The maximum atomic E-state index is 14.2. The summed E-state index contributed by atoms with van der Waals surface area (Å²) in [7, 11) is 4.60. The summed E-state index contributed by atoms with van der Waals surface area (Å²) in [6.07, 6.45) is 4.23. The van der Waals surface area contributed by atoms with Gasteiger partial charge in [-0.15, -0.1) is 6.58 Å². The molecule has 3 N–H and O–H groups in total. The molecule has 0 aromatic carbocycles. The third-order valence-electron chi connectivity index (χ3n) is 12.6. The van der Waals surface area contributed by atoms with E-state index in [0.717, 1.165) is 10.5 Å². The molecule has 3 fully saturated rings. The lowest BCUT2D eigenvalue weighted by Crippen LogP contribution is -2.63. The molecular weight excluding hydrogens is 722 g/mol. The van der Waals surface area contributed by atoms with Crippen LogP contribution in [-0.4, -0.2) is 126 Å². The van der Waals surface area contributed by atoms with Gasteiger partial charge in [-0.25, -0.2) is 4.79 Å². The zero-order valence-corrected chi connectivity index (χ0v) is 34.7. The summed E-state index contributed by atoms with van der Waals surface area (Å²) in [4.78, 5) is 57.3. The van der Waals surface area contributed by atoms with E-state index in [1.807, 2.05) is 26.0 Å². The summed E-state index contributed by atoms with van der Waals surface area (Å²) in [5, 5.41) is 34.0. The summed E-state index contributed by atoms with van der Waals surface area (Å²) < 4.78 is 29.6. The minimum atomic E-state index is -2.51. The van der Waals surface area contributed by atoms with E-state index in [1.54, 1.807) is 34.0 Å². The summed E-state index contributed by atoms with van der Waals surface area (Å²) in [6.45, 7) is 13.1. The first-order valence-corrected chi connectivity index (χ1v) is 20.4. The lowest BCUT2D eigenvalue weighted by atomic mass is 9.81. The van der Waals surface area contributed by atoms with Gasteiger partial charge in [-0.3, -0.25) is 14.4 Å². The van der Waals surface area contributed by atoms with E-state index in [4.69, 9.17) is 23.7 Å². The van der Waals surface area contributed by atoms with Crippen molar-refractivity contribution in [2.75, 3.05) is 27.9 Å². The maximum absolute atomic E-state index is 14.2. The van der Waals surface area contributed by atoms with Gasteiger partial charge in [0.2, 0.25) is 5.79 Å². The van der Waals surface area contributed by atoms with Crippen LogP contribution in [0.3, 0.4) is 0 Å². The Balaban J connectivity index is 1.76. The lowest BCUT2D eigenvalue weighted by molar-refractivity contribution is -0.302. The van der Waals surface area contributed by atoms with Crippen molar-refractivity contribution in [3.63, 3.8) is 0 Å². The van der Waals surface area contributed by atoms with Gasteiger partial charge in [0, 0.05) is 52.0 Å². The number of nitrogens with zero attached hydrogens (tertiary/aromatic N) is 1. The Bertz CT molecular complexity index is 1460. The molecule has 56 heavy (non-hydrogen) atoms. The minimum absolute atomic E-state index is 0.00899.